The average Bonchev–Trinajstić information content (AvgIpc) is 2.45. The van der Waals surface area contributed by atoms with Gasteiger partial charge in [-0.1, -0.05) is 24.8 Å². The van der Waals surface area contributed by atoms with E-state index in [2.05, 4.69) is 23.7 Å². The fourth-order valence-corrected chi connectivity index (χ4v) is 1.83. The first-order valence-corrected chi connectivity index (χ1v) is 6.80. The van der Waals surface area contributed by atoms with Crippen LogP contribution in [0.2, 0.25) is 0 Å². The van der Waals surface area contributed by atoms with Gasteiger partial charge in [-0.3, -0.25) is 4.90 Å². The van der Waals surface area contributed by atoms with Crippen LogP contribution in [0.15, 0.2) is 18.2 Å². The van der Waals surface area contributed by atoms with Gasteiger partial charge in [0.2, 0.25) is 0 Å². The van der Waals surface area contributed by atoms with Crippen molar-refractivity contribution < 1.29 is 14.2 Å². The van der Waals surface area contributed by atoms with E-state index in [0.29, 0.717) is 25.1 Å². The van der Waals surface area contributed by atoms with Gasteiger partial charge in [-0.25, -0.2) is 4.39 Å². The molecule has 0 aliphatic rings. The van der Waals surface area contributed by atoms with Gasteiger partial charge in [0.15, 0.2) is 0 Å². The van der Waals surface area contributed by atoms with Crippen LogP contribution in [0.5, 0.6) is 0 Å². The summed E-state index contributed by atoms with van der Waals surface area (Å²) >= 11 is 0. The highest BCUT2D eigenvalue weighted by molar-refractivity contribution is 5.41. The quantitative estimate of drug-likeness (QED) is 0.775. The Morgan fingerprint density at radius 2 is 2.20 bits per heavy atom. The van der Waals surface area contributed by atoms with E-state index in [4.69, 9.17) is 9.84 Å². The first-order valence-electron chi connectivity index (χ1n) is 6.80. The zero-order valence-electron chi connectivity index (χ0n) is 12.2. The lowest BCUT2D eigenvalue weighted by molar-refractivity contribution is 0.147. The van der Waals surface area contributed by atoms with E-state index in [-0.39, 0.29) is 12.4 Å². The molecule has 0 heterocycles. The van der Waals surface area contributed by atoms with Crippen LogP contribution in [-0.4, -0.2) is 43.4 Å². The van der Waals surface area contributed by atoms with Crippen LogP contribution in [0.3, 0.4) is 0 Å². The lowest BCUT2D eigenvalue weighted by atomic mass is 10.1. The summed E-state index contributed by atoms with van der Waals surface area (Å²) in [7, 11) is 1.68. The molecule has 1 rings (SSSR count). The number of likely N-dealkylation sites (N-methyl/N-ethyl adjacent to an activating group) is 1. The molecule has 1 aromatic carbocycles. The molecular weight excluding hydrogens is 257 g/mol. The molecule has 0 atom stereocenters. The van der Waals surface area contributed by atoms with Gasteiger partial charge in [-0.05, 0) is 24.2 Å². The minimum absolute atomic E-state index is 0.0204. The molecule has 0 aromatic heterocycles. The third-order valence-electron chi connectivity index (χ3n) is 2.98. The summed E-state index contributed by atoms with van der Waals surface area (Å²) in [5.74, 6) is 5.49. The molecule has 20 heavy (non-hydrogen) atoms. The van der Waals surface area contributed by atoms with E-state index in [1.807, 2.05) is 0 Å². The second kappa shape index (κ2) is 9.49. The number of hydrogen-bond acceptors (Lipinski definition) is 3. The monoisotopic (exact) mass is 279 g/mol. The minimum atomic E-state index is -0.290. The zero-order chi connectivity index (χ0) is 14.8. The lowest BCUT2D eigenvalue weighted by Gasteiger charge is -2.20. The van der Waals surface area contributed by atoms with Crippen molar-refractivity contribution in [3.05, 3.63) is 35.1 Å². The summed E-state index contributed by atoms with van der Waals surface area (Å²) in [6.45, 7) is 5.20. The summed E-state index contributed by atoms with van der Waals surface area (Å²) in [4.78, 5) is 2.22. The normalized spacial score (nSPS) is 10.4. The molecule has 0 radical (unpaired) electrons. The molecule has 0 amide bonds. The molecule has 0 spiro atoms. The summed E-state index contributed by atoms with van der Waals surface area (Å²) in [6, 6.07) is 4.67. The SMILES string of the molecule is CCN(CCOC)Cc1ccc(F)cc1C#CCCO. The number of aliphatic hydroxyl groups excluding tert-OH is 1. The van der Waals surface area contributed by atoms with Crippen molar-refractivity contribution in [2.45, 2.75) is 19.9 Å². The number of ether oxygens (including phenoxy) is 1. The van der Waals surface area contributed by atoms with Crippen LogP contribution in [-0.2, 0) is 11.3 Å². The number of halogens is 1. The van der Waals surface area contributed by atoms with Crippen molar-refractivity contribution in [2.75, 3.05) is 33.4 Å². The molecular formula is C16H22FNO2. The second-order valence-corrected chi connectivity index (χ2v) is 4.44. The number of aliphatic hydroxyl groups is 1. The molecule has 4 heteroatoms. The van der Waals surface area contributed by atoms with Gasteiger partial charge in [-0.15, -0.1) is 0 Å². The molecule has 0 aliphatic carbocycles. The Kier molecular flexibility index (Phi) is 7.89. The maximum atomic E-state index is 13.3. The van der Waals surface area contributed by atoms with Crippen molar-refractivity contribution >= 4 is 0 Å². The van der Waals surface area contributed by atoms with Gasteiger partial charge in [0.05, 0.1) is 13.2 Å². The molecule has 0 saturated heterocycles. The Labute approximate surface area is 120 Å². The zero-order valence-corrected chi connectivity index (χ0v) is 12.2. The van der Waals surface area contributed by atoms with Gasteiger partial charge in [0, 0.05) is 32.2 Å². The maximum Gasteiger partial charge on any atom is 0.124 e. The van der Waals surface area contributed by atoms with Crippen LogP contribution >= 0.6 is 0 Å². The largest absolute Gasteiger partial charge is 0.395 e. The van der Waals surface area contributed by atoms with Crippen LogP contribution in [0, 0.1) is 17.7 Å². The van der Waals surface area contributed by atoms with Crippen LogP contribution in [0.25, 0.3) is 0 Å². The Bertz CT molecular complexity index is 465. The second-order valence-electron chi connectivity index (χ2n) is 4.44. The Hall–Kier alpha value is -1.41. The van der Waals surface area contributed by atoms with Crippen molar-refractivity contribution in [3.8, 4) is 11.8 Å². The molecule has 1 aromatic rings. The fourth-order valence-electron chi connectivity index (χ4n) is 1.83. The minimum Gasteiger partial charge on any atom is -0.395 e. The van der Waals surface area contributed by atoms with Gasteiger partial charge < -0.3 is 9.84 Å². The Balaban J connectivity index is 2.85. The van der Waals surface area contributed by atoms with Crippen molar-refractivity contribution in [3.63, 3.8) is 0 Å². The average molecular weight is 279 g/mol. The van der Waals surface area contributed by atoms with Crippen molar-refractivity contribution in [1.29, 1.82) is 0 Å². The summed E-state index contributed by atoms with van der Waals surface area (Å²) in [5, 5.41) is 8.75. The van der Waals surface area contributed by atoms with Gasteiger partial charge in [0.1, 0.15) is 5.82 Å². The highest BCUT2D eigenvalue weighted by Crippen LogP contribution is 2.13. The molecule has 3 nitrogen and oxygen atoms in total. The smallest absolute Gasteiger partial charge is 0.124 e. The van der Waals surface area contributed by atoms with E-state index in [1.54, 1.807) is 13.2 Å². The maximum absolute atomic E-state index is 13.3. The summed E-state index contributed by atoms with van der Waals surface area (Å²) < 4.78 is 18.4. The summed E-state index contributed by atoms with van der Waals surface area (Å²) in [6.07, 6.45) is 0.400. The summed E-state index contributed by atoms with van der Waals surface area (Å²) in [5.41, 5.74) is 1.68. The van der Waals surface area contributed by atoms with E-state index in [1.165, 1.54) is 12.1 Å². The first-order chi connectivity index (χ1) is 9.71. The van der Waals surface area contributed by atoms with Crippen molar-refractivity contribution in [2.24, 2.45) is 0 Å². The van der Waals surface area contributed by atoms with E-state index >= 15 is 0 Å². The Morgan fingerprint density at radius 1 is 1.40 bits per heavy atom. The molecule has 0 saturated carbocycles. The molecule has 0 bridgehead atoms. The van der Waals surface area contributed by atoms with Gasteiger partial charge >= 0.3 is 0 Å². The third-order valence-corrected chi connectivity index (χ3v) is 2.98. The van der Waals surface area contributed by atoms with Crippen LogP contribution in [0.1, 0.15) is 24.5 Å². The first kappa shape index (κ1) is 16.6. The highest BCUT2D eigenvalue weighted by atomic mass is 19.1. The van der Waals surface area contributed by atoms with Gasteiger partial charge in [-0.2, -0.15) is 0 Å². The third kappa shape index (κ3) is 5.70. The molecule has 0 aliphatic heterocycles. The predicted molar refractivity (Wildman–Crippen MR) is 77.8 cm³/mol. The lowest BCUT2D eigenvalue weighted by Crippen LogP contribution is -2.27. The standard InChI is InChI=1S/C16H22FNO2/c1-3-18(9-11-20-2)13-15-7-8-16(17)12-14(15)6-4-5-10-19/h7-8,12,19H,3,5,9-11,13H2,1-2H3. The predicted octanol–water partition coefficient (Wildman–Crippen LogP) is 2.03. The topological polar surface area (TPSA) is 32.7 Å². The molecule has 0 fully saturated rings. The van der Waals surface area contributed by atoms with E-state index < -0.39 is 0 Å². The van der Waals surface area contributed by atoms with Gasteiger partial charge in [0.25, 0.3) is 0 Å². The number of methoxy groups -OCH3 is 1. The number of rotatable bonds is 7. The number of benzene rings is 1. The highest BCUT2D eigenvalue weighted by Gasteiger charge is 2.07. The number of nitrogens with zero attached hydrogens (tertiary/aromatic N) is 1. The van der Waals surface area contributed by atoms with E-state index in [0.717, 1.165) is 18.7 Å². The molecule has 1 N–H and O–H groups in total. The van der Waals surface area contributed by atoms with Crippen molar-refractivity contribution in [1.82, 2.24) is 4.90 Å². The number of hydrogen-bond donors (Lipinski definition) is 1. The Morgan fingerprint density at radius 3 is 2.85 bits per heavy atom. The van der Waals surface area contributed by atoms with Crippen LogP contribution in [0.4, 0.5) is 4.39 Å². The fraction of sp³-hybridized carbons (Fsp3) is 0.500. The molecule has 110 valence electrons. The molecule has 0 unspecified atom stereocenters. The van der Waals surface area contributed by atoms with E-state index in [9.17, 15) is 4.39 Å². The van der Waals surface area contributed by atoms with Crippen LogP contribution < -0.4 is 0 Å².